The van der Waals surface area contributed by atoms with Crippen molar-refractivity contribution in [1.29, 1.82) is 0 Å². The Balaban J connectivity index is 1.37. The van der Waals surface area contributed by atoms with Crippen LogP contribution in [-0.2, 0) is 13.2 Å². The number of rotatable bonds is 6. The Bertz CT molecular complexity index is 1100. The molecule has 1 amide bonds. The topological polar surface area (TPSA) is 51.5 Å². The van der Waals surface area contributed by atoms with Crippen molar-refractivity contribution >= 4 is 16.7 Å². The molecule has 0 saturated heterocycles. The third kappa shape index (κ3) is 4.04. The van der Waals surface area contributed by atoms with Gasteiger partial charge in [0.1, 0.15) is 23.9 Å². The molecule has 1 heterocycles. The Hall–Kier alpha value is -3.60. The fraction of sp³-hybridized carbons (Fsp3) is 0.0870. The van der Waals surface area contributed by atoms with E-state index < -0.39 is 0 Å². The molecule has 0 radical (unpaired) electrons. The van der Waals surface area contributed by atoms with Crippen LogP contribution < -0.4 is 10.1 Å². The van der Waals surface area contributed by atoms with Gasteiger partial charge in [-0.3, -0.25) is 4.79 Å². The average Bonchev–Trinajstić information content (AvgIpc) is 3.21. The molecule has 3 aromatic carbocycles. The number of carbonyl (C=O) groups is 1. The van der Waals surface area contributed by atoms with Gasteiger partial charge in [0.25, 0.3) is 5.91 Å². The van der Waals surface area contributed by atoms with E-state index >= 15 is 0 Å². The third-order valence-corrected chi connectivity index (χ3v) is 4.37. The van der Waals surface area contributed by atoms with Gasteiger partial charge in [-0.05, 0) is 41.3 Å². The molecular weight excluding hydrogens is 357 g/mol. The summed E-state index contributed by atoms with van der Waals surface area (Å²) >= 11 is 0. The molecular formula is C23H18FNO3. The van der Waals surface area contributed by atoms with E-state index in [0.717, 1.165) is 22.1 Å². The SMILES string of the molecule is O=C(NCc1ccc(F)cc1)c1ccc(COc2cccc3ccccc23)o1. The van der Waals surface area contributed by atoms with Crippen molar-refractivity contribution in [3.63, 3.8) is 0 Å². The van der Waals surface area contributed by atoms with Gasteiger partial charge in [0.2, 0.25) is 0 Å². The fourth-order valence-corrected chi connectivity index (χ4v) is 2.92. The molecule has 4 nitrogen and oxygen atoms in total. The Labute approximate surface area is 161 Å². The lowest BCUT2D eigenvalue weighted by molar-refractivity contribution is 0.0919. The lowest BCUT2D eigenvalue weighted by Crippen LogP contribution is -2.22. The fourth-order valence-electron chi connectivity index (χ4n) is 2.92. The molecule has 4 aromatic rings. The maximum atomic E-state index is 12.9. The summed E-state index contributed by atoms with van der Waals surface area (Å²) in [6, 6.07) is 23.1. The van der Waals surface area contributed by atoms with Crippen molar-refractivity contribution < 1.29 is 18.3 Å². The predicted octanol–water partition coefficient (Wildman–Crippen LogP) is 5.08. The maximum Gasteiger partial charge on any atom is 0.287 e. The quantitative estimate of drug-likeness (QED) is 0.511. The summed E-state index contributed by atoms with van der Waals surface area (Å²) in [5, 5.41) is 4.87. The lowest BCUT2D eigenvalue weighted by atomic mass is 10.1. The molecule has 1 aromatic heterocycles. The van der Waals surface area contributed by atoms with Crippen LogP contribution in [0.5, 0.6) is 5.75 Å². The van der Waals surface area contributed by atoms with Gasteiger partial charge in [-0.15, -0.1) is 0 Å². The first-order valence-corrected chi connectivity index (χ1v) is 8.91. The van der Waals surface area contributed by atoms with Crippen molar-refractivity contribution in [3.05, 3.63) is 102 Å². The highest BCUT2D eigenvalue weighted by molar-refractivity contribution is 5.91. The summed E-state index contributed by atoms with van der Waals surface area (Å²) in [5.74, 6) is 0.882. The number of hydrogen-bond acceptors (Lipinski definition) is 3. The van der Waals surface area contributed by atoms with Gasteiger partial charge < -0.3 is 14.5 Å². The highest BCUT2D eigenvalue weighted by Gasteiger charge is 2.12. The second kappa shape index (κ2) is 7.96. The first-order valence-electron chi connectivity index (χ1n) is 8.91. The summed E-state index contributed by atoms with van der Waals surface area (Å²) in [5.41, 5.74) is 0.806. The van der Waals surface area contributed by atoms with Crippen molar-refractivity contribution in [1.82, 2.24) is 5.32 Å². The average molecular weight is 375 g/mol. The molecule has 0 fully saturated rings. The number of nitrogens with one attached hydrogen (secondary N) is 1. The van der Waals surface area contributed by atoms with Crippen LogP contribution in [-0.4, -0.2) is 5.91 Å². The van der Waals surface area contributed by atoms with Gasteiger partial charge in [0, 0.05) is 11.9 Å². The Kier molecular flexibility index (Phi) is 5.06. The van der Waals surface area contributed by atoms with Crippen LogP contribution in [0.4, 0.5) is 4.39 Å². The van der Waals surface area contributed by atoms with Crippen LogP contribution in [0.1, 0.15) is 21.9 Å². The monoisotopic (exact) mass is 375 g/mol. The van der Waals surface area contributed by atoms with Crippen LogP contribution >= 0.6 is 0 Å². The smallest absolute Gasteiger partial charge is 0.287 e. The van der Waals surface area contributed by atoms with Gasteiger partial charge in [-0.1, -0.05) is 48.5 Å². The maximum absolute atomic E-state index is 12.9. The Morgan fingerprint density at radius 1 is 0.929 bits per heavy atom. The van der Waals surface area contributed by atoms with Crippen LogP contribution in [0.2, 0.25) is 0 Å². The number of amides is 1. The summed E-state index contributed by atoms with van der Waals surface area (Å²) in [7, 11) is 0. The molecule has 0 spiro atoms. The molecule has 0 atom stereocenters. The zero-order valence-corrected chi connectivity index (χ0v) is 15.0. The normalized spacial score (nSPS) is 10.8. The number of benzene rings is 3. The number of fused-ring (bicyclic) bond motifs is 1. The van der Waals surface area contributed by atoms with Gasteiger partial charge in [0.15, 0.2) is 5.76 Å². The summed E-state index contributed by atoms with van der Waals surface area (Å²) in [6.45, 7) is 0.515. The van der Waals surface area contributed by atoms with E-state index in [1.54, 1.807) is 24.3 Å². The van der Waals surface area contributed by atoms with Crippen LogP contribution in [0, 0.1) is 5.82 Å². The van der Waals surface area contributed by atoms with Crippen molar-refractivity contribution in [2.24, 2.45) is 0 Å². The zero-order valence-electron chi connectivity index (χ0n) is 15.0. The molecule has 0 aliphatic carbocycles. The summed E-state index contributed by atoms with van der Waals surface area (Å²) < 4.78 is 24.4. The molecule has 5 heteroatoms. The lowest BCUT2D eigenvalue weighted by Gasteiger charge is -2.08. The Morgan fingerprint density at radius 2 is 1.71 bits per heavy atom. The van der Waals surface area contributed by atoms with E-state index in [9.17, 15) is 9.18 Å². The van der Waals surface area contributed by atoms with Crippen molar-refractivity contribution in [2.45, 2.75) is 13.2 Å². The minimum atomic E-state index is -0.333. The number of ether oxygens (including phenoxy) is 1. The van der Waals surface area contributed by atoms with Crippen LogP contribution in [0.25, 0.3) is 10.8 Å². The molecule has 1 N–H and O–H groups in total. The molecule has 0 saturated carbocycles. The van der Waals surface area contributed by atoms with Crippen molar-refractivity contribution in [3.8, 4) is 5.75 Å². The first-order chi connectivity index (χ1) is 13.7. The molecule has 4 rings (SSSR count). The van der Waals surface area contributed by atoms with E-state index in [-0.39, 0.29) is 24.1 Å². The molecule has 140 valence electrons. The molecule has 0 unspecified atom stereocenters. The van der Waals surface area contributed by atoms with E-state index in [1.807, 2.05) is 42.5 Å². The number of halogens is 1. The standard InChI is InChI=1S/C23H18FNO3/c24-18-10-8-16(9-11-18)14-25-23(26)22-13-12-19(28-22)15-27-21-7-3-5-17-4-1-2-6-20(17)21/h1-13H,14-15H2,(H,25,26). The van der Waals surface area contributed by atoms with Gasteiger partial charge in [0.05, 0.1) is 0 Å². The highest BCUT2D eigenvalue weighted by atomic mass is 19.1. The zero-order chi connectivity index (χ0) is 19.3. The molecule has 0 aliphatic rings. The third-order valence-electron chi connectivity index (χ3n) is 4.37. The molecule has 28 heavy (non-hydrogen) atoms. The van der Waals surface area contributed by atoms with Gasteiger partial charge in [-0.2, -0.15) is 0 Å². The van der Waals surface area contributed by atoms with E-state index in [4.69, 9.17) is 9.15 Å². The van der Waals surface area contributed by atoms with Gasteiger partial charge >= 0.3 is 0 Å². The summed E-state index contributed by atoms with van der Waals surface area (Å²) in [4.78, 5) is 12.2. The van der Waals surface area contributed by atoms with Gasteiger partial charge in [-0.25, -0.2) is 4.39 Å². The minimum absolute atomic E-state index is 0.207. The molecule has 0 aliphatic heterocycles. The molecule has 0 bridgehead atoms. The number of furan rings is 1. The van der Waals surface area contributed by atoms with E-state index in [2.05, 4.69) is 5.32 Å². The van der Waals surface area contributed by atoms with E-state index in [0.29, 0.717) is 12.3 Å². The largest absolute Gasteiger partial charge is 0.485 e. The summed E-state index contributed by atoms with van der Waals surface area (Å²) in [6.07, 6.45) is 0. The Morgan fingerprint density at radius 3 is 2.57 bits per heavy atom. The minimum Gasteiger partial charge on any atom is -0.485 e. The van der Waals surface area contributed by atoms with Crippen molar-refractivity contribution in [2.75, 3.05) is 0 Å². The first kappa shape index (κ1) is 17.8. The predicted molar refractivity (Wildman–Crippen MR) is 105 cm³/mol. The highest BCUT2D eigenvalue weighted by Crippen LogP contribution is 2.26. The van der Waals surface area contributed by atoms with Crippen LogP contribution in [0.15, 0.2) is 83.3 Å². The second-order valence-corrected chi connectivity index (χ2v) is 6.34. The number of carbonyl (C=O) groups excluding carboxylic acids is 1. The van der Waals surface area contributed by atoms with Crippen LogP contribution in [0.3, 0.4) is 0 Å². The second-order valence-electron chi connectivity index (χ2n) is 6.34. The number of hydrogen-bond donors (Lipinski definition) is 1. The van der Waals surface area contributed by atoms with E-state index in [1.165, 1.54) is 12.1 Å².